The summed E-state index contributed by atoms with van der Waals surface area (Å²) >= 11 is 1.81. The van der Waals surface area contributed by atoms with E-state index in [2.05, 4.69) is 36.4 Å². The highest BCUT2D eigenvalue weighted by atomic mass is 32.1. The molecule has 4 heteroatoms. The highest BCUT2D eigenvalue weighted by Crippen LogP contribution is 2.29. The first kappa shape index (κ1) is 13.5. The number of piperidine rings is 1. The van der Waals surface area contributed by atoms with E-state index < -0.39 is 0 Å². The van der Waals surface area contributed by atoms with Crippen LogP contribution in [0.3, 0.4) is 0 Å². The van der Waals surface area contributed by atoms with Gasteiger partial charge in [-0.3, -0.25) is 4.90 Å². The summed E-state index contributed by atoms with van der Waals surface area (Å²) in [4.78, 5) is 7.42. The van der Waals surface area contributed by atoms with Crippen LogP contribution >= 0.6 is 11.3 Å². The van der Waals surface area contributed by atoms with Crippen LogP contribution in [0.15, 0.2) is 5.38 Å². The molecule has 0 spiro atoms. The molecule has 2 aliphatic heterocycles. The predicted molar refractivity (Wildman–Crippen MR) is 80.6 cm³/mol. The normalized spacial score (nSPS) is 28.6. The molecule has 3 heterocycles. The van der Waals surface area contributed by atoms with E-state index in [0.29, 0.717) is 0 Å². The van der Waals surface area contributed by atoms with Crippen molar-refractivity contribution in [2.45, 2.75) is 39.2 Å². The van der Waals surface area contributed by atoms with Crippen molar-refractivity contribution in [3.05, 3.63) is 16.1 Å². The van der Waals surface area contributed by atoms with Crippen LogP contribution in [0.1, 0.15) is 37.9 Å². The quantitative estimate of drug-likeness (QED) is 0.901. The topological polar surface area (TPSA) is 28.2 Å². The number of hydrogen-bond donors (Lipinski definition) is 1. The SMILES string of the molecule is CC(C)(C)c1nc(CN2CCC3CNCC3C2)cs1. The fraction of sp³-hybridized carbons (Fsp3) is 0.800. The fourth-order valence-electron chi connectivity index (χ4n) is 3.21. The van der Waals surface area contributed by atoms with Crippen molar-refractivity contribution in [3.8, 4) is 0 Å². The van der Waals surface area contributed by atoms with Gasteiger partial charge in [-0.1, -0.05) is 20.8 Å². The highest BCUT2D eigenvalue weighted by Gasteiger charge is 2.32. The first-order chi connectivity index (χ1) is 9.02. The second kappa shape index (κ2) is 5.15. The largest absolute Gasteiger partial charge is 0.316 e. The Labute approximate surface area is 120 Å². The van der Waals surface area contributed by atoms with Gasteiger partial charge in [-0.25, -0.2) is 4.98 Å². The number of aromatic nitrogens is 1. The Morgan fingerprint density at radius 3 is 2.89 bits per heavy atom. The summed E-state index contributed by atoms with van der Waals surface area (Å²) < 4.78 is 0. The summed E-state index contributed by atoms with van der Waals surface area (Å²) in [6.07, 6.45) is 1.36. The first-order valence-electron chi connectivity index (χ1n) is 7.40. The number of thiazole rings is 1. The van der Waals surface area contributed by atoms with Gasteiger partial charge in [-0.2, -0.15) is 0 Å². The van der Waals surface area contributed by atoms with E-state index in [1.54, 1.807) is 0 Å². The fourth-order valence-corrected chi connectivity index (χ4v) is 4.11. The molecule has 1 N–H and O–H groups in total. The van der Waals surface area contributed by atoms with Crippen molar-refractivity contribution in [2.24, 2.45) is 11.8 Å². The minimum absolute atomic E-state index is 0.186. The Balaban J connectivity index is 1.61. The van der Waals surface area contributed by atoms with Gasteiger partial charge in [-0.05, 0) is 37.9 Å². The Morgan fingerprint density at radius 2 is 2.16 bits per heavy atom. The predicted octanol–water partition coefficient (Wildman–Crippen LogP) is 2.48. The molecule has 3 rings (SSSR count). The Morgan fingerprint density at radius 1 is 1.37 bits per heavy atom. The van der Waals surface area contributed by atoms with Crippen LogP contribution in [0.5, 0.6) is 0 Å². The maximum absolute atomic E-state index is 4.82. The monoisotopic (exact) mass is 279 g/mol. The molecule has 0 radical (unpaired) electrons. The molecule has 2 aliphatic rings. The molecule has 0 aromatic carbocycles. The molecule has 106 valence electrons. The van der Waals surface area contributed by atoms with Crippen molar-refractivity contribution in [1.82, 2.24) is 15.2 Å². The van der Waals surface area contributed by atoms with Gasteiger partial charge >= 0.3 is 0 Å². The summed E-state index contributed by atoms with van der Waals surface area (Å²) in [6, 6.07) is 0. The van der Waals surface area contributed by atoms with Crippen LogP contribution < -0.4 is 5.32 Å². The standard InChI is InChI=1S/C15H25N3S/c1-15(2,3)14-17-13(10-19-14)9-18-5-4-11-6-16-7-12(11)8-18/h10-12,16H,4-9H2,1-3H3. The average Bonchev–Trinajstić information content (AvgIpc) is 2.95. The molecule has 0 bridgehead atoms. The minimum Gasteiger partial charge on any atom is -0.316 e. The zero-order valence-corrected chi connectivity index (χ0v) is 13.1. The molecule has 2 saturated heterocycles. The van der Waals surface area contributed by atoms with Crippen molar-refractivity contribution in [1.29, 1.82) is 0 Å². The van der Waals surface area contributed by atoms with E-state index in [4.69, 9.17) is 4.98 Å². The summed E-state index contributed by atoms with van der Waals surface area (Å²) in [5.74, 6) is 1.80. The molecule has 2 unspecified atom stereocenters. The van der Waals surface area contributed by atoms with Gasteiger partial charge in [-0.15, -0.1) is 11.3 Å². The molecule has 3 nitrogen and oxygen atoms in total. The van der Waals surface area contributed by atoms with E-state index >= 15 is 0 Å². The molecule has 2 fully saturated rings. The lowest BCUT2D eigenvalue weighted by molar-refractivity contribution is 0.141. The van der Waals surface area contributed by atoms with Gasteiger partial charge in [0.25, 0.3) is 0 Å². The highest BCUT2D eigenvalue weighted by molar-refractivity contribution is 7.09. The third-order valence-electron chi connectivity index (χ3n) is 4.37. The van der Waals surface area contributed by atoms with Crippen LogP contribution in [-0.2, 0) is 12.0 Å². The molecule has 0 aliphatic carbocycles. The van der Waals surface area contributed by atoms with Crippen LogP contribution in [0.2, 0.25) is 0 Å². The van der Waals surface area contributed by atoms with Gasteiger partial charge in [0, 0.05) is 23.9 Å². The number of rotatable bonds is 2. The van der Waals surface area contributed by atoms with Gasteiger partial charge in [0.05, 0.1) is 10.7 Å². The lowest BCUT2D eigenvalue weighted by Gasteiger charge is -2.34. The molecular weight excluding hydrogens is 254 g/mol. The lowest BCUT2D eigenvalue weighted by atomic mass is 9.89. The third-order valence-corrected chi connectivity index (χ3v) is 5.68. The van der Waals surface area contributed by atoms with Gasteiger partial charge in [0.1, 0.15) is 0 Å². The molecule has 0 amide bonds. The molecule has 0 saturated carbocycles. The minimum atomic E-state index is 0.186. The van der Waals surface area contributed by atoms with Gasteiger partial charge < -0.3 is 5.32 Å². The van der Waals surface area contributed by atoms with E-state index in [1.165, 1.54) is 43.3 Å². The van der Waals surface area contributed by atoms with Crippen molar-refractivity contribution in [2.75, 3.05) is 26.2 Å². The van der Waals surface area contributed by atoms with Crippen LogP contribution in [0.25, 0.3) is 0 Å². The number of fused-ring (bicyclic) bond motifs is 1. The van der Waals surface area contributed by atoms with E-state index in [9.17, 15) is 0 Å². The zero-order chi connectivity index (χ0) is 13.5. The molecule has 19 heavy (non-hydrogen) atoms. The van der Waals surface area contributed by atoms with Crippen LogP contribution in [0, 0.1) is 11.8 Å². The first-order valence-corrected chi connectivity index (χ1v) is 8.28. The Bertz CT molecular complexity index is 435. The lowest BCUT2D eigenvalue weighted by Crippen LogP contribution is -2.39. The summed E-state index contributed by atoms with van der Waals surface area (Å²) in [5.41, 5.74) is 1.45. The maximum atomic E-state index is 4.82. The van der Waals surface area contributed by atoms with E-state index in [0.717, 1.165) is 18.4 Å². The van der Waals surface area contributed by atoms with Crippen LogP contribution in [0.4, 0.5) is 0 Å². The second-order valence-electron chi connectivity index (χ2n) is 7.10. The van der Waals surface area contributed by atoms with E-state index in [-0.39, 0.29) is 5.41 Å². The van der Waals surface area contributed by atoms with Crippen molar-refractivity contribution >= 4 is 11.3 Å². The smallest absolute Gasteiger partial charge is 0.0982 e. The second-order valence-corrected chi connectivity index (χ2v) is 7.95. The average molecular weight is 279 g/mol. The summed E-state index contributed by atoms with van der Waals surface area (Å²) in [7, 11) is 0. The summed E-state index contributed by atoms with van der Waals surface area (Å²) in [6.45, 7) is 12.7. The third kappa shape index (κ3) is 3.01. The molecule has 1 aromatic rings. The number of hydrogen-bond acceptors (Lipinski definition) is 4. The Kier molecular flexibility index (Phi) is 3.67. The van der Waals surface area contributed by atoms with Gasteiger partial charge in [0.2, 0.25) is 0 Å². The molecule has 2 atom stereocenters. The van der Waals surface area contributed by atoms with Crippen molar-refractivity contribution < 1.29 is 0 Å². The molecule has 1 aromatic heterocycles. The number of nitrogens with one attached hydrogen (secondary N) is 1. The Hall–Kier alpha value is -0.450. The maximum Gasteiger partial charge on any atom is 0.0982 e. The van der Waals surface area contributed by atoms with Crippen molar-refractivity contribution in [3.63, 3.8) is 0 Å². The van der Waals surface area contributed by atoms with E-state index in [1.807, 2.05) is 11.3 Å². The van der Waals surface area contributed by atoms with Gasteiger partial charge in [0.15, 0.2) is 0 Å². The summed E-state index contributed by atoms with van der Waals surface area (Å²) in [5, 5.41) is 7.05. The zero-order valence-electron chi connectivity index (χ0n) is 12.3. The number of nitrogens with zero attached hydrogens (tertiary/aromatic N) is 2. The van der Waals surface area contributed by atoms with Crippen LogP contribution in [-0.4, -0.2) is 36.1 Å². The number of likely N-dealkylation sites (tertiary alicyclic amines) is 1. The molecular formula is C15H25N3S.